The van der Waals surface area contributed by atoms with Gasteiger partial charge in [-0.1, -0.05) is 26.0 Å². The molecule has 15 heteroatoms. The lowest BCUT2D eigenvalue weighted by molar-refractivity contribution is -0.384. The Labute approximate surface area is 246 Å². The second-order valence-corrected chi connectivity index (χ2v) is 10.6. The predicted molar refractivity (Wildman–Crippen MR) is 153 cm³/mol. The van der Waals surface area contributed by atoms with Crippen LogP contribution in [0.1, 0.15) is 38.5 Å². The summed E-state index contributed by atoms with van der Waals surface area (Å²) in [6, 6.07) is 6.21. The standard InChI is InChI=1S/C28H34N8O7/c1-18(2)27(39)34(11-3-10-33-12-9-29-16-33)28-31-25-24(30-17-35(25)23-14-21(38)22(15-37)43-23)26(32-28)42-13-8-19-4-6-20(7-5-19)36(40)41/h4-7,9,12,16-18,21-23,37-38H,3,8,10-11,13-15H2,1-2H3/t21-,22+,23+/m0/s1. The molecule has 0 radical (unpaired) electrons. The molecule has 0 bridgehead atoms. The fraction of sp³-hybridized carbons (Fsp3) is 0.464. The van der Waals surface area contributed by atoms with E-state index in [0.29, 0.717) is 37.1 Å². The van der Waals surface area contributed by atoms with Gasteiger partial charge in [-0.15, -0.1) is 0 Å². The van der Waals surface area contributed by atoms with Crippen molar-refractivity contribution in [1.82, 2.24) is 29.1 Å². The number of hydrogen-bond acceptors (Lipinski definition) is 11. The number of carbonyl (C=O) groups is 1. The smallest absolute Gasteiger partial charge is 0.269 e. The number of aliphatic hydroxyl groups excluding tert-OH is 2. The Morgan fingerprint density at radius 2 is 2.05 bits per heavy atom. The maximum absolute atomic E-state index is 13.4. The van der Waals surface area contributed by atoms with Crippen molar-refractivity contribution in [3.05, 3.63) is 65.0 Å². The summed E-state index contributed by atoms with van der Waals surface area (Å²) in [6.45, 7) is 4.42. The van der Waals surface area contributed by atoms with Crippen LogP contribution in [-0.4, -0.2) is 82.1 Å². The second-order valence-electron chi connectivity index (χ2n) is 10.6. The molecule has 1 aliphatic rings. The average molecular weight is 595 g/mol. The Kier molecular flexibility index (Phi) is 9.23. The first kappa shape index (κ1) is 30.0. The maximum atomic E-state index is 13.4. The SMILES string of the molecule is CC(C)C(=O)N(CCCn1ccnc1)c1nc(OCCc2ccc([N+](=O)[O-])cc2)c2ncn([C@H]3C[C@H](O)[C@@H](CO)O3)c2n1. The Balaban J connectivity index is 1.46. The topological polar surface area (TPSA) is 184 Å². The molecule has 0 saturated carbocycles. The lowest BCUT2D eigenvalue weighted by Crippen LogP contribution is -2.37. The van der Waals surface area contributed by atoms with E-state index < -0.39 is 23.4 Å². The van der Waals surface area contributed by atoms with E-state index >= 15 is 0 Å². The van der Waals surface area contributed by atoms with Gasteiger partial charge in [-0.05, 0) is 12.0 Å². The van der Waals surface area contributed by atoms with Crippen LogP contribution in [0.15, 0.2) is 49.3 Å². The first-order chi connectivity index (χ1) is 20.7. The Bertz CT molecular complexity index is 1540. The first-order valence-corrected chi connectivity index (χ1v) is 14.1. The summed E-state index contributed by atoms with van der Waals surface area (Å²) >= 11 is 0. The monoisotopic (exact) mass is 594 g/mol. The number of aliphatic hydroxyl groups is 2. The molecule has 1 fully saturated rings. The van der Waals surface area contributed by atoms with Crippen molar-refractivity contribution in [2.24, 2.45) is 5.92 Å². The highest BCUT2D eigenvalue weighted by atomic mass is 16.6. The van der Waals surface area contributed by atoms with Gasteiger partial charge in [-0.3, -0.25) is 24.4 Å². The minimum atomic E-state index is -0.867. The molecule has 2 N–H and O–H groups in total. The van der Waals surface area contributed by atoms with Crippen LogP contribution in [0.3, 0.4) is 0 Å². The van der Waals surface area contributed by atoms with Gasteiger partial charge in [0, 0.05) is 56.4 Å². The number of anilines is 1. The quantitative estimate of drug-likeness (QED) is 0.171. The largest absolute Gasteiger partial charge is 0.476 e. The van der Waals surface area contributed by atoms with E-state index in [2.05, 4.69) is 15.0 Å². The number of non-ortho nitro benzene ring substituents is 1. The summed E-state index contributed by atoms with van der Waals surface area (Å²) < 4.78 is 15.5. The van der Waals surface area contributed by atoms with Crippen LogP contribution in [0, 0.1) is 16.0 Å². The number of carbonyl (C=O) groups excluding carboxylic acids is 1. The predicted octanol–water partition coefficient (Wildman–Crippen LogP) is 2.27. The molecule has 1 aliphatic heterocycles. The third-order valence-corrected chi connectivity index (χ3v) is 7.21. The summed E-state index contributed by atoms with van der Waals surface area (Å²) in [6.07, 6.45) is 5.77. The van der Waals surface area contributed by atoms with Gasteiger partial charge >= 0.3 is 0 Å². The zero-order valence-corrected chi connectivity index (χ0v) is 23.9. The minimum absolute atomic E-state index is 0.00277. The van der Waals surface area contributed by atoms with Crippen LogP contribution < -0.4 is 9.64 Å². The maximum Gasteiger partial charge on any atom is 0.269 e. The Hall–Kier alpha value is -4.47. The van der Waals surface area contributed by atoms with Gasteiger partial charge in [-0.25, -0.2) is 9.97 Å². The van der Waals surface area contributed by atoms with Crippen molar-refractivity contribution < 1.29 is 29.4 Å². The number of amides is 1. The molecule has 1 saturated heterocycles. The molecule has 0 spiro atoms. The number of hydrogen-bond donors (Lipinski definition) is 2. The van der Waals surface area contributed by atoms with Crippen LogP contribution in [0.4, 0.5) is 11.6 Å². The van der Waals surface area contributed by atoms with E-state index in [-0.39, 0.29) is 49.0 Å². The first-order valence-electron chi connectivity index (χ1n) is 14.1. The van der Waals surface area contributed by atoms with Crippen LogP contribution in [0.2, 0.25) is 0 Å². The number of nitro benzene ring substituents is 1. The number of benzene rings is 1. The highest BCUT2D eigenvalue weighted by Gasteiger charge is 2.36. The highest BCUT2D eigenvalue weighted by Crippen LogP contribution is 2.33. The molecule has 15 nitrogen and oxygen atoms in total. The molecule has 1 amide bonds. The summed E-state index contributed by atoms with van der Waals surface area (Å²) in [5, 5.41) is 30.9. The number of aryl methyl sites for hydroxylation is 1. The summed E-state index contributed by atoms with van der Waals surface area (Å²) in [7, 11) is 0. The van der Waals surface area contributed by atoms with Crippen molar-refractivity contribution in [2.75, 3.05) is 24.7 Å². The van der Waals surface area contributed by atoms with Crippen LogP contribution in [0.5, 0.6) is 5.88 Å². The van der Waals surface area contributed by atoms with Gasteiger partial charge in [0.15, 0.2) is 11.2 Å². The molecule has 5 rings (SSSR count). The van der Waals surface area contributed by atoms with Gasteiger partial charge in [0.2, 0.25) is 17.7 Å². The third-order valence-electron chi connectivity index (χ3n) is 7.21. The van der Waals surface area contributed by atoms with Gasteiger partial charge in [0.05, 0.1) is 36.9 Å². The van der Waals surface area contributed by atoms with Crippen molar-refractivity contribution in [1.29, 1.82) is 0 Å². The van der Waals surface area contributed by atoms with Crippen LogP contribution in [0.25, 0.3) is 11.2 Å². The average Bonchev–Trinajstić information content (AvgIpc) is 3.75. The van der Waals surface area contributed by atoms with E-state index in [1.165, 1.54) is 23.4 Å². The Morgan fingerprint density at radius 1 is 1.26 bits per heavy atom. The normalized spacial score (nSPS) is 18.4. The Morgan fingerprint density at radius 3 is 2.70 bits per heavy atom. The van der Waals surface area contributed by atoms with Crippen molar-refractivity contribution in [3.8, 4) is 5.88 Å². The van der Waals surface area contributed by atoms with Crippen LogP contribution >= 0.6 is 0 Å². The molecular formula is C28H34N8O7. The number of aromatic nitrogens is 6. The number of imidazole rings is 2. The molecule has 1 aromatic carbocycles. The van der Waals surface area contributed by atoms with E-state index in [0.717, 1.165) is 5.56 Å². The van der Waals surface area contributed by atoms with Gasteiger partial charge in [0.25, 0.3) is 5.69 Å². The van der Waals surface area contributed by atoms with Crippen molar-refractivity contribution >= 4 is 28.7 Å². The van der Waals surface area contributed by atoms with E-state index in [1.54, 1.807) is 43.1 Å². The fourth-order valence-corrected chi connectivity index (χ4v) is 4.86. The van der Waals surface area contributed by atoms with Gasteiger partial charge in [-0.2, -0.15) is 9.97 Å². The van der Waals surface area contributed by atoms with Crippen LogP contribution in [-0.2, 0) is 22.5 Å². The minimum Gasteiger partial charge on any atom is -0.476 e. The molecule has 43 heavy (non-hydrogen) atoms. The lowest BCUT2D eigenvalue weighted by atomic mass is 10.1. The third kappa shape index (κ3) is 6.79. The molecular weight excluding hydrogens is 560 g/mol. The number of nitro groups is 1. The number of fused-ring (bicyclic) bond motifs is 1. The van der Waals surface area contributed by atoms with Gasteiger partial charge < -0.3 is 24.3 Å². The summed E-state index contributed by atoms with van der Waals surface area (Å²) in [5.41, 5.74) is 1.53. The number of rotatable bonds is 13. The molecule has 3 atom stereocenters. The molecule has 228 valence electrons. The summed E-state index contributed by atoms with van der Waals surface area (Å²) in [4.78, 5) is 43.4. The van der Waals surface area contributed by atoms with E-state index in [4.69, 9.17) is 14.5 Å². The van der Waals surface area contributed by atoms with Crippen molar-refractivity contribution in [2.45, 2.75) is 58.1 Å². The number of nitrogens with zero attached hydrogens (tertiary/aromatic N) is 8. The number of ether oxygens (including phenoxy) is 2. The summed E-state index contributed by atoms with van der Waals surface area (Å²) in [5.74, 6) is -0.196. The van der Waals surface area contributed by atoms with Gasteiger partial charge in [0.1, 0.15) is 12.3 Å². The van der Waals surface area contributed by atoms with Crippen molar-refractivity contribution in [3.63, 3.8) is 0 Å². The fourth-order valence-electron chi connectivity index (χ4n) is 4.86. The molecule has 0 unspecified atom stereocenters. The zero-order chi connectivity index (χ0) is 30.5. The zero-order valence-electron chi connectivity index (χ0n) is 23.9. The molecule has 3 aromatic heterocycles. The second kappa shape index (κ2) is 13.2. The lowest BCUT2D eigenvalue weighted by Gasteiger charge is -2.23. The van der Waals surface area contributed by atoms with E-state index in [9.17, 15) is 25.1 Å². The molecule has 0 aliphatic carbocycles. The molecule has 4 aromatic rings. The molecule has 4 heterocycles. The highest BCUT2D eigenvalue weighted by molar-refractivity contribution is 5.94. The van der Waals surface area contributed by atoms with E-state index in [1.807, 2.05) is 10.8 Å².